The highest BCUT2D eigenvalue weighted by Crippen LogP contribution is 2.37. The van der Waals surface area contributed by atoms with Gasteiger partial charge in [0.05, 0.1) is 38.4 Å². The van der Waals surface area contributed by atoms with Crippen LogP contribution in [0.4, 0.5) is 5.82 Å². The van der Waals surface area contributed by atoms with Crippen molar-refractivity contribution in [3.63, 3.8) is 0 Å². The molecule has 2 rings (SSSR count). The third kappa shape index (κ3) is 4.26. The summed E-state index contributed by atoms with van der Waals surface area (Å²) in [4.78, 5) is 25.3. The highest BCUT2D eigenvalue weighted by atomic mass is 32.2. The maximum atomic E-state index is 12.2. The Bertz CT molecular complexity index is 604. The average Bonchev–Trinajstić information content (AvgIpc) is 2.99. The van der Waals surface area contributed by atoms with Gasteiger partial charge in [0.1, 0.15) is 5.82 Å². The summed E-state index contributed by atoms with van der Waals surface area (Å²) >= 11 is 1.77. The quantitative estimate of drug-likeness (QED) is 0.651. The van der Waals surface area contributed by atoms with Crippen LogP contribution in [0.25, 0.3) is 0 Å². The first-order valence-electron chi connectivity index (χ1n) is 7.77. The van der Waals surface area contributed by atoms with Gasteiger partial charge in [-0.25, -0.2) is 4.68 Å². The van der Waals surface area contributed by atoms with Crippen molar-refractivity contribution in [1.29, 1.82) is 0 Å². The fraction of sp³-hybridized carbons (Fsp3) is 0.667. The summed E-state index contributed by atoms with van der Waals surface area (Å²) in [5.74, 6) is 1.07. The van der Waals surface area contributed by atoms with Crippen LogP contribution >= 0.6 is 11.8 Å². The van der Waals surface area contributed by atoms with Crippen LogP contribution < -0.4 is 15.5 Å². The number of anilines is 1. The van der Waals surface area contributed by atoms with Crippen LogP contribution in [-0.2, 0) is 26.6 Å². The van der Waals surface area contributed by atoms with E-state index in [1.807, 2.05) is 39.5 Å². The summed E-state index contributed by atoms with van der Waals surface area (Å²) < 4.78 is 1.81. The Morgan fingerprint density at radius 2 is 1.96 bits per heavy atom. The largest absolute Gasteiger partial charge is 0.342 e. The zero-order valence-electron chi connectivity index (χ0n) is 14.4. The van der Waals surface area contributed by atoms with E-state index in [9.17, 15) is 9.59 Å². The van der Waals surface area contributed by atoms with Crippen molar-refractivity contribution in [2.45, 2.75) is 37.8 Å². The standard InChI is InChI=1S/C15H25N5O2S/c1-15(2,3)20-12(10-8-23-9-11(10)18-20)17-14(22)13(21)16-6-7-19(4)5/h6-9H2,1-5H3,(H,16,21)(H,17,22)/p+1. The number of carbonyl (C=O) groups excluding carboxylic acids is 2. The average molecular weight is 340 g/mol. The molecule has 0 aromatic carbocycles. The number of rotatable bonds is 4. The van der Waals surface area contributed by atoms with Crippen molar-refractivity contribution >= 4 is 29.4 Å². The number of hydrogen-bond donors (Lipinski definition) is 3. The van der Waals surface area contributed by atoms with Gasteiger partial charge in [-0.3, -0.25) is 9.59 Å². The molecule has 1 aliphatic rings. The van der Waals surface area contributed by atoms with Gasteiger partial charge in [0.15, 0.2) is 0 Å². The number of hydrogen-bond acceptors (Lipinski definition) is 4. The van der Waals surface area contributed by atoms with Gasteiger partial charge in [0.25, 0.3) is 0 Å². The number of nitrogens with zero attached hydrogens (tertiary/aromatic N) is 2. The third-order valence-corrected chi connectivity index (χ3v) is 4.51. The lowest BCUT2D eigenvalue weighted by Crippen LogP contribution is -3.06. The number of likely N-dealkylation sites (N-methyl/N-ethyl adjacent to an activating group) is 1. The molecule has 0 bridgehead atoms. The molecular formula is C15H26N5O2S+. The Hall–Kier alpha value is -1.54. The molecule has 128 valence electrons. The van der Waals surface area contributed by atoms with Crippen molar-refractivity contribution in [3.8, 4) is 0 Å². The van der Waals surface area contributed by atoms with E-state index in [-0.39, 0.29) is 5.54 Å². The molecule has 2 heterocycles. The van der Waals surface area contributed by atoms with Gasteiger partial charge in [0.2, 0.25) is 0 Å². The van der Waals surface area contributed by atoms with Crippen LogP contribution in [0, 0.1) is 0 Å². The lowest BCUT2D eigenvalue weighted by atomic mass is 10.1. The highest BCUT2D eigenvalue weighted by molar-refractivity contribution is 7.98. The second-order valence-electron chi connectivity index (χ2n) is 7.02. The molecule has 0 aliphatic carbocycles. The summed E-state index contributed by atoms with van der Waals surface area (Å²) in [6.45, 7) is 7.32. The number of aromatic nitrogens is 2. The van der Waals surface area contributed by atoms with Crippen LogP contribution in [-0.4, -0.2) is 48.8 Å². The minimum absolute atomic E-state index is 0.262. The van der Waals surface area contributed by atoms with Crippen LogP contribution in [0.15, 0.2) is 0 Å². The molecule has 0 saturated carbocycles. The normalized spacial score (nSPS) is 14.0. The first kappa shape index (κ1) is 17.8. The summed E-state index contributed by atoms with van der Waals surface area (Å²) in [7, 11) is 3.99. The maximum Gasteiger partial charge on any atom is 0.314 e. The Morgan fingerprint density at radius 1 is 1.26 bits per heavy atom. The van der Waals surface area contributed by atoms with E-state index >= 15 is 0 Å². The molecule has 0 saturated heterocycles. The van der Waals surface area contributed by atoms with Crippen LogP contribution in [0.1, 0.15) is 32.0 Å². The number of nitrogens with one attached hydrogen (secondary N) is 3. The zero-order valence-corrected chi connectivity index (χ0v) is 15.3. The number of quaternary nitrogens is 1. The van der Waals surface area contributed by atoms with Crippen molar-refractivity contribution in [2.75, 3.05) is 32.5 Å². The molecule has 3 N–H and O–H groups in total. The first-order valence-corrected chi connectivity index (χ1v) is 8.93. The van der Waals surface area contributed by atoms with E-state index in [0.717, 1.165) is 29.3 Å². The Kier molecular flexibility index (Phi) is 5.36. The van der Waals surface area contributed by atoms with Gasteiger partial charge in [-0.1, -0.05) is 0 Å². The topological polar surface area (TPSA) is 80.5 Å². The van der Waals surface area contributed by atoms with Gasteiger partial charge < -0.3 is 15.5 Å². The van der Waals surface area contributed by atoms with Gasteiger partial charge in [0, 0.05) is 17.1 Å². The number of carbonyl (C=O) groups is 2. The molecular weight excluding hydrogens is 314 g/mol. The van der Waals surface area contributed by atoms with Crippen LogP contribution in [0.5, 0.6) is 0 Å². The van der Waals surface area contributed by atoms with Crippen LogP contribution in [0.2, 0.25) is 0 Å². The summed E-state index contributed by atoms with van der Waals surface area (Å²) in [6.07, 6.45) is 0. The van der Waals surface area contributed by atoms with E-state index < -0.39 is 11.8 Å². The lowest BCUT2D eigenvalue weighted by molar-refractivity contribution is -0.856. The van der Waals surface area contributed by atoms with Crippen molar-refractivity contribution < 1.29 is 14.5 Å². The molecule has 1 aromatic rings. The second-order valence-corrected chi connectivity index (χ2v) is 8.00. The second kappa shape index (κ2) is 6.92. The molecule has 23 heavy (non-hydrogen) atoms. The molecule has 1 aromatic heterocycles. The predicted octanol–water partition coefficient (Wildman–Crippen LogP) is -0.416. The van der Waals surface area contributed by atoms with Crippen molar-refractivity contribution in [1.82, 2.24) is 15.1 Å². The van der Waals surface area contributed by atoms with Crippen LogP contribution in [0.3, 0.4) is 0 Å². The summed E-state index contributed by atoms with van der Waals surface area (Å²) in [5, 5.41) is 10.0. The fourth-order valence-corrected chi connectivity index (χ4v) is 3.33. The first-order chi connectivity index (χ1) is 10.7. The highest BCUT2D eigenvalue weighted by Gasteiger charge is 2.29. The smallest absolute Gasteiger partial charge is 0.314 e. The summed E-state index contributed by atoms with van der Waals surface area (Å²) in [6, 6.07) is 0. The lowest BCUT2D eigenvalue weighted by Gasteiger charge is -2.23. The van der Waals surface area contributed by atoms with Crippen molar-refractivity contribution in [3.05, 3.63) is 11.3 Å². The molecule has 7 nitrogen and oxygen atoms in total. The molecule has 8 heteroatoms. The fourth-order valence-electron chi connectivity index (χ4n) is 2.30. The molecule has 0 radical (unpaired) electrons. The number of fused-ring (bicyclic) bond motifs is 1. The monoisotopic (exact) mass is 340 g/mol. The Balaban J connectivity index is 2.10. The van der Waals surface area contributed by atoms with Gasteiger partial charge >= 0.3 is 11.8 Å². The third-order valence-electron chi connectivity index (χ3n) is 3.54. The van der Waals surface area contributed by atoms with Gasteiger partial charge in [-0.15, -0.1) is 0 Å². The van der Waals surface area contributed by atoms with E-state index in [2.05, 4.69) is 15.7 Å². The predicted molar refractivity (Wildman–Crippen MR) is 91.5 cm³/mol. The van der Waals surface area contributed by atoms with Gasteiger partial charge in [-0.05, 0) is 20.8 Å². The maximum absolute atomic E-state index is 12.2. The van der Waals surface area contributed by atoms with E-state index in [1.165, 1.54) is 4.90 Å². The van der Waals surface area contributed by atoms with E-state index in [0.29, 0.717) is 12.4 Å². The molecule has 0 atom stereocenters. The van der Waals surface area contributed by atoms with Gasteiger partial charge in [-0.2, -0.15) is 16.9 Å². The van der Waals surface area contributed by atoms with E-state index in [1.54, 1.807) is 11.8 Å². The molecule has 1 aliphatic heterocycles. The molecule has 0 spiro atoms. The number of amides is 2. The minimum Gasteiger partial charge on any atom is -0.342 e. The Labute approximate surface area is 141 Å². The Morgan fingerprint density at radius 3 is 2.57 bits per heavy atom. The molecule has 0 unspecified atom stereocenters. The van der Waals surface area contributed by atoms with Crippen molar-refractivity contribution in [2.24, 2.45) is 0 Å². The minimum atomic E-state index is -0.635. The number of thioether (sulfide) groups is 1. The summed E-state index contributed by atoms with van der Waals surface area (Å²) in [5.41, 5.74) is 1.77. The zero-order chi connectivity index (χ0) is 17.2. The molecule has 2 amide bonds. The molecule has 0 fully saturated rings. The SMILES string of the molecule is C[NH+](C)CCNC(=O)C(=O)Nc1c2c(nn1C(C)(C)C)CSC2. The van der Waals surface area contributed by atoms with E-state index in [4.69, 9.17) is 0 Å².